The van der Waals surface area contributed by atoms with Crippen molar-refractivity contribution in [2.45, 2.75) is 239 Å². The molecule has 0 spiro atoms. The molecule has 66 heavy (non-hydrogen) atoms. The van der Waals surface area contributed by atoms with Crippen molar-refractivity contribution >= 4 is 17.9 Å². The van der Waals surface area contributed by atoms with Crippen molar-refractivity contribution in [3.05, 3.63) is 109 Å². The van der Waals surface area contributed by atoms with Crippen LogP contribution in [0.1, 0.15) is 233 Å². The zero-order valence-electron chi connectivity index (χ0n) is 42.7. The summed E-state index contributed by atoms with van der Waals surface area (Å²) >= 11 is 0. The molecule has 0 aliphatic heterocycles. The van der Waals surface area contributed by atoms with Gasteiger partial charge in [-0.15, -0.1) is 0 Å². The minimum absolute atomic E-state index is 0.111. The Balaban J connectivity index is 4.50. The molecule has 0 saturated heterocycles. The molecule has 0 heterocycles. The molecule has 0 aromatic heterocycles. The molecule has 0 saturated carbocycles. The van der Waals surface area contributed by atoms with Crippen LogP contribution in [0.4, 0.5) is 0 Å². The molecule has 1 atom stereocenters. The summed E-state index contributed by atoms with van der Waals surface area (Å²) in [7, 11) is 0. The summed E-state index contributed by atoms with van der Waals surface area (Å²) in [5.41, 5.74) is 0. The maximum absolute atomic E-state index is 12.8. The van der Waals surface area contributed by atoms with Crippen LogP contribution in [0.5, 0.6) is 0 Å². The van der Waals surface area contributed by atoms with Gasteiger partial charge in [0.05, 0.1) is 0 Å². The second-order valence-corrected chi connectivity index (χ2v) is 17.4. The van der Waals surface area contributed by atoms with Crippen LogP contribution in [-0.2, 0) is 28.6 Å². The smallest absolute Gasteiger partial charge is 0.306 e. The Bertz CT molecular complexity index is 1370. The summed E-state index contributed by atoms with van der Waals surface area (Å²) in [6, 6.07) is 0. The first-order valence-electron chi connectivity index (χ1n) is 26.9. The molecular weight excluding hydrogens is 817 g/mol. The predicted octanol–water partition coefficient (Wildman–Crippen LogP) is 17.9. The van der Waals surface area contributed by atoms with Crippen molar-refractivity contribution < 1.29 is 28.6 Å². The number of carbonyl (C=O) groups is 3. The average molecular weight is 915 g/mol. The molecule has 0 aromatic rings. The number of unbranched alkanes of at least 4 members (excludes halogenated alkanes) is 18. The fraction of sp³-hybridized carbons (Fsp3) is 0.650. The fourth-order valence-electron chi connectivity index (χ4n) is 6.95. The number of carbonyl (C=O) groups excluding carboxylic acids is 3. The summed E-state index contributed by atoms with van der Waals surface area (Å²) in [6.07, 6.45) is 72.3. The Morgan fingerprint density at radius 2 is 0.636 bits per heavy atom. The Labute approximate surface area is 406 Å². The highest BCUT2D eigenvalue weighted by molar-refractivity contribution is 5.71. The van der Waals surface area contributed by atoms with Gasteiger partial charge in [-0.05, 0) is 109 Å². The van der Waals surface area contributed by atoms with E-state index in [0.29, 0.717) is 19.3 Å². The first-order chi connectivity index (χ1) is 32.5. The molecule has 0 radical (unpaired) electrons. The van der Waals surface area contributed by atoms with Gasteiger partial charge in [0.15, 0.2) is 6.10 Å². The first-order valence-corrected chi connectivity index (χ1v) is 26.9. The van der Waals surface area contributed by atoms with Crippen LogP contribution in [-0.4, -0.2) is 37.2 Å². The van der Waals surface area contributed by atoms with E-state index in [1.54, 1.807) is 0 Å². The summed E-state index contributed by atoms with van der Waals surface area (Å²) in [6.45, 7) is 6.38. The van der Waals surface area contributed by atoms with Crippen LogP contribution in [0.25, 0.3) is 0 Å². The molecule has 0 aliphatic carbocycles. The van der Waals surface area contributed by atoms with Crippen molar-refractivity contribution in [3.63, 3.8) is 0 Å². The topological polar surface area (TPSA) is 78.9 Å². The van der Waals surface area contributed by atoms with Gasteiger partial charge in [0, 0.05) is 19.3 Å². The van der Waals surface area contributed by atoms with Crippen molar-refractivity contribution in [2.24, 2.45) is 0 Å². The average Bonchev–Trinajstić information content (AvgIpc) is 3.31. The largest absolute Gasteiger partial charge is 0.462 e. The SMILES string of the molecule is CC/C=C\C/C=C\C/C=C\C/C=C\C/C=C\C/C=C\CCC(=O)OCC(COC(=O)CCCCCCC/C=C\CCCC)OC(=O)CCCCCCCCC/C=C\C/C=C\CCCCCC. The van der Waals surface area contributed by atoms with E-state index >= 15 is 0 Å². The van der Waals surface area contributed by atoms with Gasteiger partial charge in [0.2, 0.25) is 0 Å². The third kappa shape index (κ3) is 51.1. The van der Waals surface area contributed by atoms with Gasteiger partial charge in [-0.1, -0.05) is 214 Å². The highest BCUT2D eigenvalue weighted by Crippen LogP contribution is 2.13. The summed E-state index contributed by atoms with van der Waals surface area (Å²) < 4.78 is 16.7. The number of ether oxygens (including phenoxy) is 3. The van der Waals surface area contributed by atoms with E-state index in [-0.39, 0.29) is 37.5 Å². The van der Waals surface area contributed by atoms with Crippen LogP contribution in [0, 0.1) is 0 Å². The Morgan fingerprint density at radius 3 is 1.08 bits per heavy atom. The lowest BCUT2D eigenvalue weighted by molar-refractivity contribution is -0.166. The normalized spacial score (nSPS) is 13.0. The second kappa shape index (κ2) is 53.7. The van der Waals surface area contributed by atoms with Crippen molar-refractivity contribution in [1.29, 1.82) is 0 Å². The van der Waals surface area contributed by atoms with E-state index in [1.165, 1.54) is 83.5 Å². The quantitative estimate of drug-likeness (QED) is 0.0262. The van der Waals surface area contributed by atoms with Crippen LogP contribution < -0.4 is 0 Å². The van der Waals surface area contributed by atoms with Gasteiger partial charge >= 0.3 is 17.9 Å². The maximum Gasteiger partial charge on any atom is 0.306 e. The number of allylic oxidation sites excluding steroid dienone is 18. The van der Waals surface area contributed by atoms with Crippen molar-refractivity contribution in [1.82, 2.24) is 0 Å². The third-order valence-electron chi connectivity index (χ3n) is 11.0. The van der Waals surface area contributed by atoms with E-state index in [0.717, 1.165) is 103 Å². The molecular formula is C60H98O6. The highest BCUT2D eigenvalue weighted by Gasteiger charge is 2.19. The van der Waals surface area contributed by atoms with Gasteiger partial charge < -0.3 is 14.2 Å². The van der Waals surface area contributed by atoms with Gasteiger partial charge in [-0.2, -0.15) is 0 Å². The maximum atomic E-state index is 12.8. The summed E-state index contributed by atoms with van der Waals surface area (Å²) in [5.74, 6) is -1.02. The van der Waals surface area contributed by atoms with Crippen molar-refractivity contribution in [3.8, 4) is 0 Å². The Morgan fingerprint density at radius 1 is 0.318 bits per heavy atom. The van der Waals surface area contributed by atoms with E-state index in [1.807, 2.05) is 6.08 Å². The fourth-order valence-corrected chi connectivity index (χ4v) is 6.95. The standard InChI is InChI=1S/C60H98O6/c1-4-7-10-13-16-19-22-24-26-28-30-32-33-35-38-41-44-47-50-53-59(62)65-56-57(55-64-58(61)52-49-46-43-40-37-21-18-15-12-9-6-3)66-60(63)54-51-48-45-42-39-36-34-31-29-27-25-23-20-17-14-11-8-5-2/h7,10,15-16,18-20,23-24,26-27,29-30,32,35,38,44,47,57H,4-6,8-9,11-14,17,21-22,25,28,31,33-34,36-37,39-43,45-46,48-56H2,1-3H3/b10-7-,18-15-,19-16-,23-20-,26-24-,29-27-,32-30-,38-35-,47-44-. The monoisotopic (exact) mass is 915 g/mol. The van der Waals surface area contributed by atoms with Gasteiger partial charge in [0.25, 0.3) is 0 Å². The Kier molecular flexibility index (Phi) is 50.5. The van der Waals surface area contributed by atoms with Gasteiger partial charge in [-0.25, -0.2) is 0 Å². The van der Waals surface area contributed by atoms with Gasteiger partial charge in [-0.3, -0.25) is 14.4 Å². The molecule has 6 heteroatoms. The predicted molar refractivity (Wildman–Crippen MR) is 283 cm³/mol. The lowest BCUT2D eigenvalue weighted by Crippen LogP contribution is -2.30. The van der Waals surface area contributed by atoms with E-state index in [2.05, 4.69) is 124 Å². The molecule has 0 rings (SSSR count). The number of hydrogen-bond acceptors (Lipinski definition) is 6. The minimum Gasteiger partial charge on any atom is -0.462 e. The summed E-state index contributed by atoms with van der Waals surface area (Å²) in [4.78, 5) is 38.0. The van der Waals surface area contributed by atoms with E-state index in [4.69, 9.17) is 14.2 Å². The van der Waals surface area contributed by atoms with Crippen LogP contribution in [0.15, 0.2) is 109 Å². The lowest BCUT2D eigenvalue weighted by Gasteiger charge is -2.18. The molecule has 0 bridgehead atoms. The highest BCUT2D eigenvalue weighted by atomic mass is 16.6. The van der Waals surface area contributed by atoms with E-state index in [9.17, 15) is 14.4 Å². The second-order valence-electron chi connectivity index (χ2n) is 17.4. The molecule has 0 N–H and O–H groups in total. The minimum atomic E-state index is -0.817. The van der Waals surface area contributed by atoms with Crippen LogP contribution in [0.3, 0.4) is 0 Å². The molecule has 1 unspecified atom stereocenters. The van der Waals surface area contributed by atoms with Crippen LogP contribution in [0.2, 0.25) is 0 Å². The van der Waals surface area contributed by atoms with E-state index < -0.39 is 6.10 Å². The van der Waals surface area contributed by atoms with Gasteiger partial charge in [0.1, 0.15) is 13.2 Å². The molecule has 0 aliphatic rings. The zero-order valence-corrected chi connectivity index (χ0v) is 42.7. The third-order valence-corrected chi connectivity index (χ3v) is 11.0. The summed E-state index contributed by atoms with van der Waals surface area (Å²) in [5, 5.41) is 0. The zero-order chi connectivity index (χ0) is 47.9. The van der Waals surface area contributed by atoms with Crippen LogP contribution >= 0.6 is 0 Å². The Hall–Kier alpha value is -3.93. The first kappa shape index (κ1) is 62.1. The molecule has 0 aromatic carbocycles. The van der Waals surface area contributed by atoms with Crippen molar-refractivity contribution in [2.75, 3.05) is 13.2 Å². The lowest BCUT2D eigenvalue weighted by atomic mass is 10.1. The number of hydrogen-bond donors (Lipinski definition) is 0. The number of rotatable bonds is 47. The molecule has 374 valence electrons. The molecule has 0 amide bonds. The molecule has 0 fully saturated rings. The molecule has 6 nitrogen and oxygen atoms in total. The number of esters is 3.